The van der Waals surface area contributed by atoms with E-state index in [-0.39, 0.29) is 29.9 Å². The zero-order valence-electron chi connectivity index (χ0n) is 10.5. The number of nitrogens with two attached hydrogens (primary N) is 1. The molecule has 1 fully saturated rings. The second-order valence-electron chi connectivity index (χ2n) is 4.12. The summed E-state index contributed by atoms with van der Waals surface area (Å²) in [6.07, 6.45) is 4.57. The summed E-state index contributed by atoms with van der Waals surface area (Å²) in [7, 11) is 3.38. The number of ether oxygens (including phenoxy) is 1. The summed E-state index contributed by atoms with van der Waals surface area (Å²) < 4.78 is 4.55. The summed E-state index contributed by atoms with van der Waals surface area (Å²) in [6, 6.07) is 0.596. The van der Waals surface area contributed by atoms with Crippen LogP contribution in [0.2, 0.25) is 0 Å². The number of aliphatic imine (C=N–C) groups is 1. The molecule has 0 aromatic heterocycles. The Labute approximate surface area is 120 Å². The first kappa shape index (κ1) is 16.5. The second kappa shape index (κ2) is 8.54. The number of guanidine groups is 1. The standard InChI is InChI=1S/C11H21N3O2.HI/c1-14(9-6-7-9)11(12)13-8-4-3-5-10(15)16-2;/h9H,3-8H2,1-2H3,(H2,12,13);1H. The van der Waals surface area contributed by atoms with Crippen LogP contribution in [0.25, 0.3) is 0 Å². The normalized spacial score (nSPS) is 15.1. The maximum atomic E-state index is 10.8. The lowest BCUT2D eigenvalue weighted by molar-refractivity contribution is -0.140. The maximum Gasteiger partial charge on any atom is 0.305 e. The van der Waals surface area contributed by atoms with E-state index in [4.69, 9.17) is 5.73 Å². The molecule has 0 aromatic rings. The van der Waals surface area contributed by atoms with Crippen molar-refractivity contribution in [2.75, 3.05) is 20.7 Å². The zero-order chi connectivity index (χ0) is 12.0. The number of methoxy groups -OCH3 is 1. The van der Waals surface area contributed by atoms with Gasteiger partial charge in [0.2, 0.25) is 0 Å². The molecular weight excluding hydrogens is 333 g/mol. The summed E-state index contributed by atoms with van der Waals surface area (Å²) in [5, 5.41) is 0. The minimum absolute atomic E-state index is 0. The number of halogens is 1. The van der Waals surface area contributed by atoms with Gasteiger partial charge in [0, 0.05) is 26.1 Å². The molecule has 17 heavy (non-hydrogen) atoms. The van der Waals surface area contributed by atoms with E-state index in [1.54, 1.807) is 0 Å². The van der Waals surface area contributed by atoms with Crippen LogP contribution in [0.4, 0.5) is 0 Å². The third-order valence-electron chi connectivity index (χ3n) is 2.75. The third kappa shape index (κ3) is 6.70. The summed E-state index contributed by atoms with van der Waals surface area (Å²) in [5.74, 6) is 0.451. The molecule has 1 saturated carbocycles. The van der Waals surface area contributed by atoms with E-state index in [1.807, 2.05) is 11.9 Å². The summed E-state index contributed by atoms with van der Waals surface area (Å²) in [6.45, 7) is 0.680. The first-order valence-corrected chi connectivity index (χ1v) is 5.74. The van der Waals surface area contributed by atoms with E-state index in [2.05, 4.69) is 9.73 Å². The van der Waals surface area contributed by atoms with E-state index in [0.29, 0.717) is 25.0 Å². The lowest BCUT2D eigenvalue weighted by Gasteiger charge is -2.16. The molecule has 0 amide bonds. The van der Waals surface area contributed by atoms with Gasteiger partial charge in [-0.25, -0.2) is 0 Å². The van der Waals surface area contributed by atoms with E-state index in [0.717, 1.165) is 12.8 Å². The molecule has 0 unspecified atom stereocenters. The van der Waals surface area contributed by atoms with Crippen molar-refractivity contribution in [3.63, 3.8) is 0 Å². The number of nitrogens with zero attached hydrogens (tertiary/aromatic N) is 2. The van der Waals surface area contributed by atoms with E-state index in [9.17, 15) is 4.79 Å². The van der Waals surface area contributed by atoms with Gasteiger partial charge in [0.25, 0.3) is 0 Å². The van der Waals surface area contributed by atoms with Gasteiger partial charge in [0.05, 0.1) is 7.11 Å². The second-order valence-corrected chi connectivity index (χ2v) is 4.12. The highest BCUT2D eigenvalue weighted by Crippen LogP contribution is 2.24. The SMILES string of the molecule is COC(=O)CCCCN=C(N)N(C)C1CC1.I. The van der Waals surface area contributed by atoms with Gasteiger partial charge in [-0.15, -0.1) is 24.0 Å². The first-order chi connectivity index (χ1) is 7.65. The van der Waals surface area contributed by atoms with Crippen LogP contribution in [0, 0.1) is 0 Å². The Kier molecular flexibility index (Phi) is 8.28. The Bertz CT molecular complexity index is 267. The molecule has 1 rings (SSSR count). The van der Waals surface area contributed by atoms with Gasteiger partial charge in [-0.1, -0.05) is 0 Å². The first-order valence-electron chi connectivity index (χ1n) is 5.74. The largest absolute Gasteiger partial charge is 0.469 e. The Balaban J connectivity index is 0.00000256. The quantitative estimate of drug-likeness (QED) is 0.257. The lowest BCUT2D eigenvalue weighted by atomic mass is 10.2. The van der Waals surface area contributed by atoms with Crippen LogP contribution in [0.5, 0.6) is 0 Å². The smallest absolute Gasteiger partial charge is 0.305 e. The molecule has 5 nitrogen and oxygen atoms in total. The van der Waals surface area contributed by atoms with Gasteiger partial charge in [0.1, 0.15) is 0 Å². The molecule has 1 aliphatic rings. The Morgan fingerprint density at radius 3 is 2.65 bits per heavy atom. The molecule has 0 aliphatic heterocycles. The van der Waals surface area contributed by atoms with Gasteiger partial charge in [-0.05, 0) is 25.7 Å². The third-order valence-corrected chi connectivity index (χ3v) is 2.75. The Morgan fingerprint density at radius 1 is 1.47 bits per heavy atom. The lowest BCUT2D eigenvalue weighted by Crippen LogP contribution is -2.35. The molecule has 1 aliphatic carbocycles. The number of hydrogen-bond acceptors (Lipinski definition) is 3. The minimum atomic E-state index is -0.160. The molecule has 6 heteroatoms. The fourth-order valence-corrected chi connectivity index (χ4v) is 1.44. The molecule has 0 spiro atoms. The van der Waals surface area contributed by atoms with Crippen LogP contribution >= 0.6 is 24.0 Å². The highest BCUT2D eigenvalue weighted by molar-refractivity contribution is 14.0. The summed E-state index contributed by atoms with van der Waals surface area (Å²) >= 11 is 0. The van der Waals surface area contributed by atoms with Crippen molar-refractivity contribution in [3.05, 3.63) is 0 Å². The number of hydrogen-bond donors (Lipinski definition) is 1. The molecule has 2 N–H and O–H groups in total. The Morgan fingerprint density at radius 2 is 2.12 bits per heavy atom. The Hall–Kier alpha value is -0.530. The number of carbonyl (C=O) groups is 1. The van der Waals surface area contributed by atoms with Crippen molar-refractivity contribution >= 4 is 35.9 Å². The van der Waals surface area contributed by atoms with Crippen molar-refractivity contribution < 1.29 is 9.53 Å². The fraction of sp³-hybridized carbons (Fsp3) is 0.818. The number of unbranched alkanes of at least 4 members (excludes halogenated alkanes) is 1. The van der Waals surface area contributed by atoms with Gasteiger partial charge in [-0.3, -0.25) is 9.79 Å². The fourth-order valence-electron chi connectivity index (χ4n) is 1.44. The van der Waals surface area contributed by atoms with Crippen molar-refractivity contribution in [2.45, 2.75) is 38.1 Å². The molecule has 100 valence electrons. The summed E-state index contributed by atoms with van der Waals surface area (Å²) in [4.78, 5) is 17.1. The van der Waals surface area contributed by atoms with E-state index >= 15 is 0 Å². The van der Waals surface area contributed by atoms with Crippen LogP contribution in [-0.2, 0) is 9.53 Å². The van der Waals surface area contributed by atoms with Crippen LogP contribution in [0.15, 0.2) is 4.99 Å². The van der Waals surface area contributed by atoms with Crippen LogP contribution in [0.1, 0.15) is 32.1 Å². The van der Waals surface area contributed by atoms with Crippen LogP contribution in [0.3, 0.4) is 0 Å². The van der Waals surface area contributed by atoms with Gasteiger partial charge in [-0.2, -0.15) is 0 Å². The molecular formula is C11H22IN3O2. The minimum Gasteiger partial charge on any atom is -0.469 e. The predicted molar refractivity (Wildman–Crippen MR) is 78.6 cm³/mol. The van der Waals surface area contributed by atoms with Gasteiger partial charge < -0.3 is 15.4 Å². The highest BCUT2D eigenvalue weighted by atomic mass is 127. The molecule has 0 saturated heterocycles. The van der Waals surface area contributed by atoms with E-state index in [1.165, 1.54) is 20.0 Å². The monoisotopic (exact) mass is 355 g/mol. The van der Waals surface area contributed by atoms with Crippen molar-refractivity contribution in [3.8, 4) is 0 Å². The predicted octanol–water partition coefficient (Wildman–Crippen LogP) is 1.36. The zero-order valence-corrected chi connectivity index (χ0v) is 12.8. The van der Waals surface area contributed by atoms with Crippen LogP contribution in [-0.4, -0.2) is 43.6 Å². The molecule has 0 bridgehead atoms. The van der Waals surface area contributed by atoms with Crippen molar-refractivity contribution in [2.24, 2.45) is 10.7 Å². The molecule has 0 aromatic carbocycles. The number of carbonyl (C=O) groups excluding carboxylic acids is 1. The van der Waals surface area contributed by atoms with Gasteiger partial charge >= 0.3 is 5.97 Å². The average Bonchev–Trinajstić information content (AvgIpc) is 3.10. The molecule has 0 heterocycles. The molecule has 0 radical (unpaired) electrons. The van der Waals surface area contributed by atoms with E-state index < -0.39 is 0 Å². The molecule has 0 atom stereocenters. The van der Waals surface area contributed by atoms with Gasteiger partial charge in [0.15, 0.2) is 5.96 Å². The highest BCUT2D eigenvalue weighted by Gasteiger charge is 2.27. The average molecular weight is 355 g/mol. The maximum absolute atomic E-state index is 10.8. The topological polar surface area (TPSA) is 67.9 Å². The van der Waals surface area contributed by atoms with Crippen LogP contribution < -0.4 is 5.73 Å². The van der Waals surface area contributed by atoms with Crippen molar-refractivity contribution in [1.82, 2.24) is 4.90 Å². The summed E-state index contributed by atoms with van der Waals surface area (Å²) in [5.41, 5.74) is 5.81. The number of rotatable bonds is 6. The van der Waals surface area contributed by atoms with Crippen molar-refractivity contribution in [1.29, 1.82) is 0 Å². The number of esters is 1.